The second-order valence-electron chi connectivity index (χ2n) is 7.19. The van der Waals surface area contributed by atoms with E-state index in [2.05, 4.69) is 56.9 Å². The van der Waals surface area contributed by atoms with Crippen LogP contribution in [-0.2, 0) is 0 Å². The highest BCUT2D eigenvalue weighted by molar-refractivity contribution is 4.86. The molecule has 1 heterocycles. The van der Waals surface area contributed by atoms with Gasteiger partial charge in [-0.3, -0.25) is 0 Å². The zero-order chi connectivity index (χ0) is 15.2. The first kappa shape index (κ1) is 17.9. The normalized spacial score (nSPS) is 19.2. The molecule has 1 saturated heterocycles. The summed E-state index contributed by atoms with van der Waals surface area (Å²) in [6.45, 7) is 14.1. The average Bonchev–Trinajstić information content (AvgIpc) is 2.44. The Hall–Kier alpha value is -0.120. The van der Waals surface area contributed by atoms with Crippen LogP contribution in [0.25, 0.3) is 0 Å². The number of hydrogen-bond donors (Lipinski definition) is 1. The molecule has 0 saturated carbocycles. The van der Waals surface area contributed by atoms with Gasteiger partial charge in [-0.2, -0.15) is 0 Å². The molecular formula is C17H37N3. The van der Waals surface area contributed by atoms with E-state index in [-0.39, 0.29) is 0 Å². The number of hydrogen-bond acceptors (Lipinski definition) is 3. The molecule has 120 valence electrons. The molecule has 1 rings (SSSR count). The maximum atomic E-state index is 3.67. The van der Waals surface area contributed by atoms with Gasteiger partial charge < -0.3 is 15.1 Å². The molecule has 1 aliphatic rings. The van der Waals surface area contributed by atoms with Gasteiger partial charge in [-0.15, -0.1) is 0 Å². The standard InChI is InChI=1S/C17H37N3/c1-7-17(8-2,13-18-15(3)4)14-20(6)16-9-11-19(5)12-10-16/h15-16,18H,7-14H2,1-6H3. The zero-order valence-electron chi connectivity index (χ0n) is 14.7. The van der Waals surface area contributed by atoms with Crippen molar-refractivity contribution in [2.45, 2.75) is 65.5 Å². The predicted octanol–water partition coefficient (Wildman–Crippen LogP) is 2.82. The smallest absolute Gasteiger partial charge is 0.0117 e. The monoisotopic (exact) mass is 283 g/mol. The van der Waals surface area contributed by atoms with Crippen LogP contribution in [0.5, 0.6) is 0 Å². The SMILES string of the molecule is CCC(CC)(CNC(C)C)CN(C)C1CCN(C)CC1. The van der Waals surface area contributed by atoms with E-state index in [9.17, 15) is 0 Å². The van der Waals surface area contributed by atoms with E-state index in [1.54, 1.807) is 0 Å². The second kappa shape index (κ2) is 8.35. The molecule has 20 heavy (non-hydrogen) atoms. The van der Waals surface area contributed by atoms with Crippen molar-refractivity contribution in [3.05, 3.63) is 0 Å². The highest BCUT2D eigenvalue weighted by Crippen LogP contribution is 2.28. The maximum Gasteiger partial charge on any atom is 0.0117 e. The van der Waals surface area contributed by atoms with Crippen LogP contribution in [0.3, 0.4) is 0 Å². The van der Waals surface area contributed by atoms with E-state index in [1.165, 1.54) is 45.3 Å². The number of piperidine rings is 1. The van der Waals surface area contributed by atoms with Gasteiger partial charge in [-0.1, -0.05) is 27.7 Å². The predicted molar refractivity (Wildman–Crippen MR) is 89.3 cm³/mol. The Morgan fingerprint density at radius 2 is 1.75 bits per heavy atom. The summed E-state index contributed by atoms with van der Waals surface area (Å²) in [5.41, 5.74) is 0.433. The molecule has 0 aromatic rings. The fourth-order valence-corrected chi connectivity index (χ4v) is 3.29. The summed E-state index contributed by atoms with van der Waals surface area (Å²) in [4.78, 5) is 5.10. The van der Waals surface area contributed by atoms with Crippen LogP contribution < -0.4 is 5.32 Å². The fraction of sp³-hybridized carbons (Fsp3) is 1.00. The minimum Gasteiger partial charge on any atom is -0.314 e. The molecule has 0 aliphatic carbocycles. The Labute approximate surface area is 127 Å². The summed E-state index contributed by atoms with van der Waals surface area (Å²) in [5.74, 6) is 0. The van der Waals surface area contributed by atoms with Crippen LogP contribution in [0, 0.1) is 5.41 Å². The van der Waals surface area contributed by atoms with Gasteiger partial charge in [0.15, 0.2) is 0 Å². The molecule has 0 bridgehead atoms. The van der Waals surface area contributed by atoms with Crippen molar-refractivity contribution in [1.29, 1.82) is 0 Å². The maximum absolute atomic E-state index is 3.67. The van der Waals surface area contributed by atoms with Gasteiger partial charge in [0, 0.05) is 25.2 Å². The molecule has 1 aliphatic heterocycles. The lowest BCUT2D eigenvalue weighted by molar-refractivity contribution is 0.0849. The van der Waals surface area contributed by atoms with Crippen molar-refractivity contribution >= 4 is 0 Å². The highest BCUT2D eigenvalue weighted by Gasteiger charge is 2.31. The lowest BCUT2D eigenvalue weighted by Crippen LogP contribution is -2.49. The van der Waals surface area contributed by atoms with Gasteiger partial charge in [-0.05, 0) is 58.3 Å². The molecule has 1 N–H and O–H groups in total. The van der Waals surface area contributed by atoms with Crippen LogP contribution in [-0.4, -0.2) is 62.2 Å². The Morgan fingerprint density at radius 3 is 2.20 bits per heavy atom. The second-order valence-corrected chi connectivity index (χ2v) is 7.19. The minimum absolute atomic E-state index is 0.433. The van der Waals surface area contributed by atoms with Gasteiger partial charge in [0.05, 0.1) is 0 Å². The van der Waals surface area contributed by atoms with Gasteiger partial charge in [-0.25, -0.2) is 0 Å². The molecule has 0 spiro atoms. The van der Waals surface area contributed by atoms with Crippen molar-refractivity contribution in [3.63, 3.8) is 0 Å². The first-order chi connectivity index (χ1) is 9.42. The van der Waals surface area contributed by atoms with Gasteiger partial charge in [0.1, 0.15) is 0 Å². The lowest BCUT2D eigenvalue weighted by atomic mass is 9.81. The summed E-state index contributed by atoms with van der Waals surface area (Å²) in [6.07, 6.45) is 5.18. The third-order valence-electron chi connectivity index (χ3n) is 5.28. The molecule has 1 fully saturated rings. The van der Waals surface area contributed by atoms with E-state index in [0.29, 0.717) is 11.5 Å². The van der Waals surface area contributed by atoms with E-state index in [1.807, 2.05) is 0 Å². The van der Waals surface area contributed by atoms with E-state index >= 15 is 0 Å². The van der Waals surface area contributed by atoms with E-state index < -0.39 is 0 Å². The molecule has 0 aromatic carbocycles. The first-order valence-electron chi connectivity index (χ1n) is 8.54. The summed E-state index contributed by atoms with van der Waals surface area (Å²) in [7, 11) is 4.58. The Bertz CT molecular complexity index is 253. The zero-order valence-corrected chi connectivity index (χ0v) is 14.7. The third kappa shape index (κ3) is 5.34. The third-order valence-corrected chi connectivity index (χ3v) is 5.28. The number of likely N-dealkylation sites (tertiary alicyclic amines) is 1. The number of nitrogens with one attached hydrogen (secondary N) is 1. The van der Waals surface area contributed by atoms with Crippen LogP contribution in [0.2, 0.25) is 0 Å². The van der Waals surface area contributed by atoms with Crippen molar-refractivity contribution in [2.24, 2.45) is 5.41 Å². The number of nitrogens with zero attached hydrogens (tertiary/aromatic N) is 2. The Kier molecular flexibility index (Phi) is 7.49. The van der Waals surface area contributed by atoms with Gasteiger partial charge in [0.25, 0.3) is 0 Å². The molecular weight excluding hydrogens is 246 g/mol. The fourth-order valence-electron chi connectivity index (χ4n) is 3.29. The highest BCUT2D eigenvalue weighted by atomic mass is 15.2. The first-order valence-corrected chi connectivity index (χ1v) is 8.54. The van der Waals surface area contributed by atoms with Crippen LogP contribution >= 0.6 is 0 Å². The summed E-state index contributed by atoms with van der Waals surface area (Å²) in [6, 6.07) is 1.36. The van der Waals surface area contributed by atoms with Gasteiger partial charge >= 0.3 is 0 Å². The van der Waals surface area contributed by atoms with Crippen molar-refractivity contribution in [2.75, 3.05) is 40.3 Å². The van der Waals surface area contributed by atoms with Gasteiger partial charge in [0.2, 0.25) is 0 Å². The van der Waals surface area contributed by atoms with E-state index in [4.69, 9.17) is 0 Å². The topological polar surface area (TPSA) is 18.5 Å². The van der Waals surface area contributed by atoms with Crippen LogP contribution in [0.15, 0.2) is 0 Å². The van der Waals surface area contributed by atoms with Crippen molar-refractivity contribution in [3.8, 4) is 0 Å². The molecule has 0 atom stereocenters. The van der Waals surface area contributed by atoms with Crippen molar-refractivity contribution < 1.29 is 0 Å². The summed E-state index contributed by atoms with van der Waals surface area (Å²) >= 11 is 0. The van der Waals surface area contributed by atoms with Crippen molar-refractivity contribution in [1.82, 2.24) is 15.1 Å². The average molecular weight is 284 g/mol. The molecule has 0 radical (unpaired) electrons. The molecule has 0 amide bonds. The molecule has 3 nitrogen and oxygen atoms in total. The van der Waals surface area contributed by atoms with E-state index in [0.717, 1.165) is 12.6 Å². The largest absolute Gasteiger partial charge is 0.314 e. The van der Waals surface area contributed by atoms with Crippen LogP contribution in [0.4, 0.5) is 0 Å². The molecule has 0 aromatic heterocycles. The summed E-state index contributed by atoms with van der Waals surface area (Å²) in [5, 5.41) is 3.67. The lowest BCUT2D eigenvalue weighted by Gasteiger charge is -2.42. The number of rotatable bonds is 8. The molecule has 3 heteroatoms. The minimum atomic E-state index is 0.433. The quantitative estimate of drug-likeness (QED) is 0.739. The Morgan fingerprint density at radius 1 is 1.20 bits per heavy atom. The Balaban J connectivity index is 2.55. The molecule has 0 unspecified atom stereocenters. The van der Waals surface area contributed by atoms with Crippen LogP contribution in [0.1, 0.15) is 53.4 Å². The summed E-state index contributed by atoms with van der Waals surface area (Å²) < 4.78 is 0.